The van der Waals surface area contributed by atoms with Gasteiger partial charge in [-0.25, -0.2) is 0 Å². The topological polar surface area (TPSA) is 57.2 Å². The van der Waals surface area contributed by atoms with Gasteiger partial charge in [0.05, 0.1) is 0 Å². The molecule has 2 heterocycles. The fourth-order valence-electron chi connectivity index (χ4n) is 3.27. The van der Waals surface area contributed by atoms with Crippen molar-refractivity contribution in [1.82, 2.24) is 15.1 Å². The lowest BCUT2D eigenvalue weighted by atomic mass is 9.91. The van der Waals surface area contributed by atoms with Crippen molar-refractivity contribution >= 4 is 35.8 Å². The smallest absolute Gasteiger partial charge is 0.251 e. The molecule has 0 spiro atoms. The number of carbonyl (C=O) groups excluding carboxylic acids is 1. The molecule has 0 saturated carbocycles. The minimum atomic E-state index is -0.202. The van der Waals surface area contributed by atoms with Gasteiger partial charge in [0.15, 0.2) is 5.96 Å². The maximum atomic E-state index is 12.4. The number of nitrogens with one attached hydrogen (secondary N) is 1. The molecule has 2 saturated heterocycles. The van der Waals surface area contributed by atoms with Crippen molar-refractivity contribution in [2.24, 2.45) is 10.4 Å². The molecule has 25 heavy (non-hydrogen) atoms. The average molecular weight is 466 g/mol. The van der Waals surface area contributed by atoms with Crippen LogP contribution in [0.25, 0.3) is 0 Å². The maximum absolute atomic E-state index is 12.4. The Labute approximate surface area is 169 Å². The molecule has 2 aliphatic rings. The van der Waals surface area contributed by atoms with Gasteiger partial charge in [-0.2, -0.15) is 0 Å². The number of aliphatic imine (C=N–C) groups is 1. The largest absolute Gasteiger partial charge is 0.368 e. The summed E-state index contributed by atoms with van der Waals surface area (Å²) in [6.45, 7) is 11.6. The van der Waals surface area contributed by atoms with Gasteiger partial charge in [-0.15, -0.1) is 24.0 Å². The molecule has 6 nitrogen and oxygen atoms in total. The number of amides is 1. The number of rotatable bonds is 4. The third-order valence-corrected chi connectivity index (χ3v) is 4.69. The van der Waals surface area contributed by atoms with E-state index in [0.29, 0.717) is 5.41 Å². The van der Waals surface area contributed by atoms with Crippen molar-refractivity contribution in [2.75, 3.05) is 46.4 Å². The van der Waals surface area contributed by atoms with Crippen LogP contribution in [0.3, 0.4) is 0 Å². The second kappa shape index (κ2) is 10.5. The Kier molecular flexibility index (Phi) is 9.48. The molecule has 1 atom stereocenters. The SMILES string of the molecule is CN=C(NCCCC(C)(C)C)N1CCN(C(=O)C2CCCO2)CC1.I. The van der Waals surface area contributed by atoms with Gasteiger partial charge in [-0.3, -0.25) is 9.79 Å². The molecule has 1 amide bonds. The first-order valence-corrected chi connectivity index (χ1v) is 9.27. The number of halogens is 1. The predicted octanol–water partition coefficient (Wildman–Crippen LogP) is 2.33. The molecule has 1 N–H and O–H groups in total. The van der Waals surface area contributed by atoms with Crippen molar-refractivity contribution < 1.29 is 9.53 Å². The lowest BCUT2D eigenvalue weighted by molar-refractivity contribution is -0.142. The van der Waals surface area contributed by atoms with E-state index in [1.54, 1.807) is 0 Å². The summed E-state index contributed by atoms with van der Waals surface area (Å²) >= 11 is 0. The second-order valence-electron chi connectivity index (χ2n) is 7.95. The molecule has 1 unspecified atom stereocenters. The lowest BCUT2D eigenvalue weighted by Crippen LogP contribution is -2.55. The molecule has 0 bridgehead atoms. The number of hydrogen-bond acceptors (Lipinski definition) is 3. The minimum Gasteiger partial charge on any atom is -0.368 e. The zero-order valence-corrected chi connectivity index (χ0v) is 18.5. The third-order valence-electron chi connectivity index (χ3n) is 4.69. The van der Waals surface area contributed by atoms with Crippen molar-refractivity contribution in [3.05, 3.63) is 0 Å². The predicted molar refractivity (Wildman–Crippen MR) is 113 cm³/mol. The van der Waals surface area contributed by atoms with Crippen molar-refractivity contribution in [3.63, 3.8) is 0 Å². The molecule has 0 aromatic heterocycles. The quantitative estimate of drug-likeness (QED) is 0.299. The number of carbonyl (C=O) groups is 1. The van der Waals surface area contributed by atoms with Crippen molar-refractivity contribution in [2.45, 2.75) is 52.6 Å². The highest BCUT2D eigenvalue weighted by Gasteiger charge is 2.30. The van der Waals surface area contributed by atoms with Crippen LogP contribution in [0.15, 0.2) is 4.99 Å². The number of hydrogen-bond donors (Lipinski definition) is 1. The Balaban J connectivity index is 0.00000312. The summed E-state index contributed by atoms with van der Waals surface area (Å²) < 4.78 is 5.52. The molecule has 2 aliphatic heterocycles. The van der Waals surface area contributed by atoms with Crippen LogP contribution in [0.1, 0.15) is 46.5 Å². The fraction of sp³-hybridized carbons (Fsp3) is 0.889. The van der Waals surface area contributed by atoms with Crippen LogP contribution in [-0.4, -0.2) is 74.1 Å². The zero-order chi connectivity index (χ0) is 17.6. The van der Waals surface area contributed by atoms with E-state index in [4.69, 9.17) is 4.74 Å². The van der Waals surface area contributed by atoms with E-state index < -0.39 is 0 Å². The monoisotopic (exact) mass is 466 g/mol. The Morgan fingerprint density at radius 1 is 1.20 bits per heavy atom. The highest BCUT2D eigenvalue weighted by Crippen LogP contribution is 2.20. The summed E-state index contributed by atoms with van der Waals surface area (Å²) in [6.07, 6.45) is 4.00. The summed E-state index contributed by atoms with van der Waals surface area (Å²) in [5.41, 5.74) is 0.375. The standard InChI is InChI=1S/C18H34N4O2.HI/c1-18(2,3)8-6-9-20-17(19-4)22-12-10-21(11-13-22)16(23)15-7-5-14-24-15;/h15H,5-14H2,1-4H3,(H,19,20);1H. The fourth-order valence-corrected chi connectivity index (χ4v) is 3.27. The van der Waals surface area contributed by atoms with E-state index in [2.05, 4.69) is 36.0 Å². The normalized spacial score (nSPS) is 21.9. The highest BCUT2D eigenvalue weighted by molar-refractivity contribution is 14.0. The van der Waals surface area contributed by atoms with Crippen LogP contribution in [-0.2, 0) is 9.53 Å². The summed E-state index contributed by atoms with van der Waals surface area (Å²) in [6, 6.07) is 0. The Morgan fingerprint density at radius 2 is 1.84 bits per heavy atom. The van der Waals surface area contributed by atoms with Crippen LogP contribution in [0, 0.1) is 5.41 Å². The van der Waals surface area contributed by atoms with Gasteiger partial charge >= 0.3 is 0 Å². The summed E-state index contributed by atoms with van der Waals surface area (Å²) in [5, 5.41) is 3.46. The van der Waals surface area contributed by atoms with Crippen LogP contribution >= 0.6 is 24.0 Å². The molecule has 0 aromatic rings. The van der Waals surface area contributed by atoms with Gasteiger partial charge in [0.25, 0.3) is 5.91 Å². The molecule has 7 heteroatoms. The van der Waals surface area contributed by atoms with Gasteiger partial charge in [0, 0.05) is 46.4 Å². The van der Waals surface area contributed by atoms with Crippen molar-refractivity contribution in [3.8, 4) is 0 Å². The summed E-state index contributed by atoms with van der Waals surface area (Å²) in [7, 11) is 1.83. The molecular formula is C18H35IN4O2. The average Bonchev–Trinajstić information content (AvgIpc) is 3.08. The van der Waals surface area contributed by atoms with Gasteiger partial charge in [0.1, 0.15) is 6.10 Å². The molecule has 2 fully saturated rings. The molecule has 2 rings (SSSR count). The van der Waals surface area contributed by atoms with Crippen LogP contribution in [0.5, 0.6) is 0 Å². The van der Waals surface area contributed by atoms with Crippen LogP contribution < -0.4 is 5.32 Å². The van der Waals surface area contributed by atoms with E-state index in [9.17, 15) is 4.79 Å². The minimum absolute atomic E-state index is 0. The lowest BCUT2D eigenvalue weighted by Gasteiger charge is -2.37. The molecule has 146 valence electrons. The number of ether oxygens (including phenoxy) is 1. The molecule has 0 aromatic carbocycles. The van der Waals surface area contributed by atoms with Gasteiger partial charge in [0.2, 0.25) is 0 Å². The number of piperazine rings is 1. The van der Waals surface area contributed by atoms with Crippen LogP contribution in [0.2, 0.25) is 0 Å². The molecule has 0 aliphatic carbocycles. The van der Waals surface area contributed by atoms with Gasteiger partial charge in [-0.1, -0.05) is 20.8 Å². The van der Waals surface area contributed by atoms with E-state index >= 15 is 0 Å². The number of nitrogens with zero attached hydrogens (tertiary/aromatic N) is 3. The van der Waals surface area contributed by atoms with Crippen LogP contribution in [0.4, 0.5) is 0 Å². The first kappa shape index (κ1) is 22.5. The first-order chi connectivity index (χ1) is 11.4. The Morgan fingerprint density at radius 3 is 2.36 bits per heavy atom. The number of guanidine groups is 1. The first-order valence-electron chi connectivity index (χ1n) is 9.27. The summed E-state index contributed by atoms with van der Waals surface area (Å²) in [4.78, 5) is 21.0. The maximum Gasteiger partial charge on any atom is 0.251 e. The third kappa shape index (κ3) is 7.29. The zero-order valence-electron chi connectivity index (χ0n) is 16.2. The Bertz CT molecular complexity index is 437. The molecule has 0 radical (unpaired) electrons. The van der Waals surface area contributed by atoms with E-state index in [1.165, 1.54) is 6.42 Å². The Hall–Kier alpha value is -0.570. The second-order valence-corrected chi connectivity index (χ2v) is 7.95. The summed E-state index contributed by atoms with van der Waals surface area (Å²) in [5.74, 6) is 1.12. The van der Waals surface area contributed by atoms with E-state index in [1.807, 2.05) is 11.9 Å². The van der Waals surface area contributed by atoms with E-state index in [0.717, 1.165) is 64.6 Å². The van der Waals surface area contributed by atoms with Gasteiger partial charge in [-0.05, 0) is 31.1 Å². The van der Waals surface area contributed by atoms with Gasteiger partial charge < -0.3 is 19.9 Å². The molecular weight excluding hydrogens is 431 g/mol. The van der Waals surface area contributed by atoms with Crippen molar-refractivity contribution in [1.29, 1.82) is 0 Å². The van der Waals surface area contributed by atoms with E-state index in [-0.39, 0.29) is 36.0 Å². The highest BCUT2D eigenvalue weighted by atomic mass is 127.